The second-order valence-corrected chi connectivity index (χ2v) is 9.99. The summed E-state index contributed by atoms with van der Waals surface area (Å²) in [4.78, 5) is 40.0. The Balaban J connectivity index is 1.35. The molecule has 4 aromatic rings. The van der Waals surface area contributed by atoms with Gasteiger partial charge in [0.05, 0.1) is 7.11 Å². The molecule has 10 heteroatoms. The number of hydrogen-bond acceptors (Lipinski definition) is 8. The van der Waals surface area contributed by atoms with E-state index in [0.29, 0.717) is 31.7 Å². The molecular weight excluding hydrogens is 506 g/mol. The number of hydrogen-bond donors (Lipinski definition) is 3. The van der Waals surface area contributed by atoms with Crippen molar-refractivity contribution >= 4 is 17.5 Å². The number of nitrogens with two attached hydrogens (primary N) is 1. The minimum atomic E-state index is -0.607. The Morgan fingerprint density at radius 3 is 2.60 bits per heavy atom. The van der Waals surface area contributed by atoms with Crippen molar-refractivity contribution in [2.75, 3.05) is 24.7 Å². The quantitative estimate of drug-likeness (QED) is 0.295. The van der Waals surface area contributed by atoms with Gasteiger partial charge in [0.1, 0.15) is 17.6 Å². The number of nitrogens with one attached hydrogen (secondary N) is 2. The van der Waals surface area contributed by atoms with Crippen molar-refractivity contribution in [3.8, 4) is 5.75 Å². The van der Waals surface area contributed by atoms with E-state index >= 15 is 0 Å². The van der Waals surface area contributed by atoms with Gasteiger partial charge in [0, 0.05) is 48.5 Å². The number of amides is 1. The number of rotatable bonds is 9. The Kier molecular flexibility index (Phi) is 7.77. The highest BCUT2D eigenvalue weighted by Crippen LogP contribution is 2.27. The van der Waals surface area contributed by atoms with Crippen LogP contribution >= 0.6 is 0 Å². The van der Waals surface area contributed by atoms with Gasteiger partial charge in [-0.3, -0.25) is 19.1 Å². The van der Waals surface area contributed by atoms with Gasteiger partial charge in [0.2, 0.25) is 5.91 Å². The highest BCUT2D eigenvalue weighted by molar-refractivity contribution is 5.81. The van der Waals surface area contributed by atoms with Crippen molar-refractivity contribution in [2.24, 2.45) is 0 Å². The Hall–Kier alpha value is -4.73. The van der Waals surface area contributed by atoms with Crippen LogP contribution in [0, 0.1) is 13.8 Å². The summed E-state index contributed by atoms with van der Waals surface area (Å²) in [6, 6.07) is 14.8. The lowest BCUT2D eigenvalue weighted by atomic mass is 9.94. The van der Waals surface area contributed by atoms with Gasteiger partial charge in [-0.05, 0) is 67.6 Å². The van der Waals surface area contributed by atoms with Gasteiger partial charge in [-0.25, -0.2) is 9.97 Å². The lowest BCUT2D eigenvalue weighted by molar-refractivity contribution is -0.124. The average Bonchev–Trinajstić information content (AvgIpc) is 3.40. The first-order valence-corrected chi connectivity index (χ1v) is 13.2. The number of ether oxygens (including phenoxy) is 1. The number of fused-ring (bicyclic) bond motifs is 1. The van der Waals surface area contributed by atoms with Crippen LogP contribution in [-0.2, 0) is 17.8 Å². The zero-order valence-electron chi connectivity index (χ0n) is 22.8. The number of aryl methyl sites for hydroxylation is 3. The number of methoxy groups -OCH3 is 1. The molecule has 10 nitrogen and oxygen atoms in total. The molecule has 1 aromatic carbocycles. The Bertz CT molecular complexity index is 1570. The number of nitrogen functional groups attached to an aromatic ring is 1. The van der Waals surface area contributed by atoms with Gasteiger partial charge < -0.3 is 21.1 Å². The molecule has 0 unspecified atom stereocenters. The molecule has 0 saturated carbocycles. The summed E-state index contributed by atoms with van der Waals surface area (Å²) in [6.07, 6.45) is 4.65. The van der Waals surface area contributed by atoms with Gasteiger partial charge in [0.15, 0.2) is 5.82 Å². The third kappa shape index (κ3) is 5.66. The maximum Gasteiger partial charge on any atom is 0.294 e. The first kappa shape index (κ1) is 26.9. The van der Waals surface area contributed by atoms with Gasteiger partial charge in [-0.2, -0.15) is 0 Å². The third-order valence-corrected chi connectivity index (χ3v) is 7.31. The van der Waals surface area contributed by atoms with E-state index in [4.69, 9.17) is 10.5 Å². The third-order valence-electron chi connectivity index (χ3n) is 7.31. The number of anilines is 2. The van der Waals surface area contributed by atoms with Crippen molar-refractivity contribution in [3.63, 3.8) is 0 Å². The molecule has 0 fully saturated rings. The summed E-state index contributed by atoms with van der Waals surface area (Å²) >= 11 is 0. The number of carbonyl (C=O) groups excluding carboxylic acids is 1. The minimum absolute atomic E-state index is 0.137. The van der Waals surface area contributed by atoms with Crippen LogP contribution < -0.4 is 26.7 Å². The molecule has 1 aliphatic rings. The maximum atomic E-state index is 13.6. The van der Waals surface area contributed by atoms with Crippen LogP contribution in [0.1, 0.15) is 52.2 Å². The van der Waals surface area contributed by atoms with E-state index in [1.807, 2.05) is 62.5 Å². The first-order valence-electron chi connectivity index (χ1n) is 13.2. The Labute approximate surface area is 232 Å². The molecule has 0 bridgehead atoms. The van der Waals surface area contributed by atoms with Gasteiger partial charge in [0.25, 0.3) is 5.56 Å². The van der Waals surface area contributed by atoms with Crippen LogP contribution in [0.3, 0.4) is 0 Å². The summed E-state index contributed by atoms with van der Waals surface area (Å²) < 4.78 is 6.87. The molecule has 40 heavy (non-hydrogen) atoms. The lowest BCUT2D eigenvalue weighted by Crippen LogP contribution is -2.36. The van der Waals surface area contributed by atoms with Gasteiger partial charge >= 0.3 is 0 Å². The van der Waals surface area contributed by atoms with Crippen LogP contribution in [0.5, 0.6) is 5.75 Å². The van der Waals surface area contributed by atoms with Crippen LogP contribution in [0.25, 0.3) is 0 Å². The fourth-order valence-electron chi connectivity index (χ4n) is 5.02. The molecule has 4 heterocycles. The molecule has 0 aliphatic carbocycles. The molecule has 0 spiro atoms. The summed E-state index contributed by atoms with van der Waals surface area (Å²) in [5.41, 5.74) is 10.8. The molecule has 5 rings (SSSR count). The maximum absolute atomic E-state index is 13.6. The predicted molar refractivity (Wildman–Crippen MR) is 153 cm³/mol. The molecule has 0 saturated heterocycles. The van der Waals surface area contributed by atoms with Crippen LogP contribution in [-0.4, -0.2) is 39.1 Å². The SMILES string of the molecule is COc1ccc([C@@H](CNc2ncc3n(c2=O)[C@H](C(=O)NCc2ccc(N)nc2C)CC3)c2ccc(C)cn2)cc1. The van der Waals surface area contributed by atoms with Gasteiger partial charge in [-0.15, -0.1) is 0 Å². The first-order chi connectivity index (χ1) is 19.3. The van der Waals surface area contributed by atoms with E-state index < -0.39 is 6.04 Å². The monoisotopic (exact) mass is 539 g/mol. The minimum Gasteiger partial charge on any atom is -0.497 e. The number of carbonyl (C=O) groups is 1. The highest BCUT2D eigenvalue weighted by Gasteiger charge is 2.31. The second kappa shape index (κ2) is 11.6. The van der Waals surface area contributed by atoms with Crippen molar-refractivity contribution < 1.29 is 9.53 Å². The number of aromatic nitrogens is 4. The normalized spacial score (nSPS) is 14.8. The van der Waals surface area contributed by atoms with Crippen molar-refractivity contribution in [2.45, 2.75) is 45.2 Å². The van der Waals surface area contributed by atoms with Crippen molar-refractivity contribution in [1.82, 2.24) is 24.8 Å². The lowest BCUT2D eigenvalue weighted by Gasteiger charge is -2.20. The molecular formula is C30H33N7O3. The van der Waals surface area contributed by atoms with E-state index in [0.717, 1.165) is 39.5 Å². The zero-order chi connectivity index (χ0) is 28.2. The summed E-state index contributed by atoms with van der Waals surface area (Å²) in [5.74, 6) is 1.05. The summed E-state index contributed by atoms with van der Waals surface area (Å²) in [6.45, 7) is 4.54. The highest BCUT2D eigenvalue weighted by atomic mass is 16.5. The molecule has 4 N–H and O–H groups in total. The summed E-state index contributed by atoms with van der Waals surface area (Å²) in [7, 11) is 1.63. The van der Waals surface area contributed by atoms with E-state index in [9.17, 15) is 9.59 Å². The average molecular weight is 540 g/mol. The Morgan fingerprint density at radius 2 is 1.90 bits per heavy atom. The predicted octanol–water partition coefficient (Wildman–Crippen LogP) is 3.29. The molecule has 206 valence electrons. The van der Waals surface area contributed by atoms with Crippen molar-refractivity contribution in [1.29, 1.82) is 0 Å². The number of nitrogens with zero attached hydrogens (tertiary/aromatic N) is 4. The fourth-order valence-corrected chi connectivity index (χ4v) is 5.02. The molecule has 1 aliphatic heterocycles. The second-order valence-electron chi connectivity index (χ2n) is 9.99. The number of benzene rings is 1. The van der Waals surface area contributed by atoms with E-state index in [1.54, 1.807) is 23.9 Å². The van der Waals surface area contributed by atoms with E-state index in [1.165, 1.54) is 0 Å². The number of pyridine rings is 2. The van der Waals surface area contributed by atoms with Crippen molar-refractivity contribution in [3.05, 3.63) is 105 Å². The van der Waals surface area contributed by atoms with Crippen LogP contribution in [0.15, 0.2) is 65.7 Å². The fraction of sp³-hybridized carbons (Fsp3) is 0.300. The molecule has 3 aromatic heterocycles. The smallest absolute Gasteiger partial charge is 0.294 e. The van der Waals surface area contributed by atoms with Crippen LogP contribution in [0.2, 0.25) is 0 Å². The standard InChI is InChI=1S/C30H33N7O3/c1-18-4-11-25(32-14-18)24(20-5-9-23(40-3)10-6-20)17-34-28-30(39)37-22(16-33-28)8-12-26(37)29(38)35-15-21-7-13-27(31)36-19(21)2/h4-7,9-11,13-14,16,24,26H,8,12,15,17H2,1-3H3,(H2,31,36)(H,33,34)(H,35,38)/t24-,26+/m1/s1. The molecule has 1 amide bonds. The molecule has 0 radical (unpaired) electrons. The van der Waals surface area contributed by atoms with E-state index in [-0.39, 0.29) is 23.2 Å². The zero-order valence-corrected chi connectivity index (χ0v) is 22.8. The topological polar surface area (TPSA) is 137 Å². The Morgan fingerprint density at radius 1 is 1.10 bits per heavy atom. The largest absolute Gasteiger partial charge is 0.497 e. The molecule has 2 atom stereocenters. The van der Waals surface area contributed by atoms with E-state index in [2.05, 4.69) is 25.6 Å². The van der Waals surface area contributed by atoms with Crippen LogP contribution in [0.4, 0.5) is 11.6 Å². The summed E-state index contributed by atoms with van der Waals surface area (Å²) in [5, 5.41) is 6.20. The van der Waals surface area contributed by atoms with Gasteiger partial charge in [-0.1, -0.05) is 24.3 Å².